The van der Waals surface area contributed by atoms with E-state index < -0.39 is 11.5 Å². The number of benzene rings is 2. The fourth-order valence-corrected chi connectivity index (χ4v) is 3.04. The van der Waals surface area contributed by atoms with Gasteiger partial charge in [0.25, 0.3) is 11.5 Å². The number of nitriles is 1. The van der Waals surface area contributed by atoms with E-state index in [1.807, 2.05) is 32.0 Å². The van der Waals surface area contributed by atoms with Crippen molar-refractivity contribution in [3.05, 3.63) is 86.8 Å². The first-order valence-corrected chi connectivity index (χ1v) is 10.2. The fraction of sp³-hybridized carbons (Fsp3) is 0.208. The SMILES string of the molecule is CCOc1ccc(/C=N/NC(=O)c2nn(-c3ccc(CC)cc3)c(=O)c(C#N)c2C)cc1. The number of carbonyl (C=O) groups is 1. The molecule has 0 aliphatic heterocycles. The third-order valence-electron chi connectivity index (χ3n) is 4.82. The van der Waals surface area contributed by atoms with Gasteiger partial charge in [0, 0.05) is 5.56 Å². The smallest absolute Gasteiger partial charge is 0.292 e. The van der Waals surface area contributed by atoms with Crippen molar-refractivity contribution in [1.82, 2.24) is 15.2 Å². The van der Waals surface area contributed by atoms with E-state index in [4.69, 9.17) is 4.74 Å². The number of aromatic nitrogens is 2. The first-order chi connectivity index (χ1) is 15.5. The molecule has 0 saturated carbocycles. The van der Waals surface area contributed by atoms with Crippen LogP contribution in [0.25, 0.3) is 5.69 Å². The minimum atomic E-state index is -0.625. The van der Waals surface area contributed by atoms with Crippen molar-refractivity contribution in [3.8, 4) is 17.5 Å². The largest absolute Gasteiger partial charge is 0.494 e. The van der Waals surface area contributed by atoms with Crippen molar-refractivity contribution in [2.45, 2.75) is 27.2 Å². The van der Waals surface area contributed by atoms with E-state index in [0.29, 0.717) is 12.3 Å². The Morgan fingerprint density at radius 2 is 1.88 bits per heavy atom. The van der Waals surface area contributed by atoms with Crippen LogP contribution in [0, 0.1) is 18.3 Å². The highest BCUT2D eigenvalue weighted by Gasteiger charge is 2.20. The van der Waals surface area contributed by atoms with Crippen LogP contribution in [0.15, 0.2) is 58.4 Å². The van der Waals surface area contributed by atoms with Crippen LogP contribution < -0.4 is 15.7 Å². The predicted octanol–water partition coefficient (Wildman–Crippen LogP) is 3.14. The van der Waals surface area contributed by atoms with Crippen LogP contribution in [0.5, 0.6) is 5.75 Å². The zero-order valence-corrected chi connectivity index (χ0v) is 18.1. The quantitative estimate of drug-likeness (QED) is 0.458. The third-order valence-corrected chi connectivity index (χ3v) is 4.82. The predicted molar refractivity (Wildman–Crippen MR) is 121 cm³/mol. The zero-order valence-electron chi connectivity index (χ0n) is 18.1. The lowest BCUT2D eigenvalue weighted by atomic mass is 10.1. The Morgan fingerprint density at radius 3 is 2.47 bits per heavy atom. The number of amides is 1. The molecule has 1 amide bonds. The lowest BCUT2D eigenvalue weighted by Gasteiger charge is -2.11. The van der Waals surface area contributed by atoms with Gasteiger partial charge in [-0.3, -0.25) is 9.59 Å². The molecular formula is C24H23N5O3. The van der Waals surface area contributed by atoms with E-state index in [1.165, 1.54) is 13.1 Å². The van der Waals surface area contributed by atoms with E-state index in [1.54, 1.807) is 36.4 Å². The standard InChI is InChI=1S/C24H23N5O3/c1-4-17-6-10-19(11-7-17)29-24(31)21(14-25)16(3)22(28-29)23(30)27-26-15-18-8-12-20(13-9-18)32-5-2/h6-13,15H,4-5H2,1-3H3,(H,27,30)/b26-15+. The van der Waals surface area contributed by atoms with E-state index in [-0.39, 0.29) is 16.8 Å². The van der Waals surface area contributed by atoms with Gasteiger partial charge in [-0.15, -0.1) is 0 Å². The minimum Gasteiger partial charge on any atom is -0.494 e. The summed E-state index contributed by atoms with van der Waals surface area (Å²) in [5.74, 6) is 0.117. The van der Waals surface area contributed by atoms with Gasteiger partial charge in [-0.2, -0.15) is 20.1 Å². The van der Waals surface area contributed by atoms with Crippen LogP contribution >= 0.6 is 0 Å². The van der Waals surface area contributed by atoms with Gasteiger partial charge < -0.3 is 4.74 Å². The van der Waals surface area contributed by atoms with Crippen molar-refractivity contribution >= 4 is 12.1 Å². The van der Waals surface area contributed by atoms with Crippen molar-refractivity contribution in [3.63, 3.8) is 0 Å². The number of nitrogens with zero attached hydrogens (tertiary/aromatic N) is 4. The summed E-state index contributed by atoms with van der Waals surface area (Å²) in [6.45, 7) is 6.02. The van der Waals surface area contributed by atoms with Gasteiger partial charge in [0.2, 0.25) is 0 Å². The van der Waals surface area contributed by atoms with Gasteiger partial charge in [0.1, 0.15) is 17.4 Å². The summed E-state index contributed by atoms with van der Waals surface area (Å²) < 4.78 is 6.46. The average molecular weight is 429 g/mol. The number of rotatable bonds is 7. The summed E-state index contributed by atoms with van der Waals surface area (Å²) in [6.07, 6.45) is 2.33. The van der Waals surface area contributed by atoms with Crippen molar-refractivity contribution in [2.75, 3.05) is 6.61 Å². The maximum atomic E-state index is 12.7. The number of hydrazone groups is 1. The number of hydrogen-bond donors (Lipinski definition) is 1. The second kappa shape index (κ2) is 10.2. The molecule has 3 rings (SSSR count). The Balaban J connectivity index is 1.88. The summed E-state index contributed by atoms with van der Waals surface area (Å²) in [5, 5.41) is 17.7. The van der Waals surface area contributed by atoms with E-state index in [0.717, 1.165) is 28.0 Å². The van der Waals surface area contributed by atoms with Crippen LogP contribution in [0.4, 0.5) is 0 Å². The highest BCUT2D eigenvalue weighted by Crippen LogP contribution is 2.13. The second-order valence-electron chi connectivity index (χ2n) is 6.90. The molecule has 0 aliphatic rings. The lowest BCUT2D eigenvalue weighted by Crippen LogP contribution is -2.31. The van der Waals surface area contributed by atoms with Gasteiger partial charge in [0.15, 0.2) is 5.69 Å². The molecule has 162 valence electrons. The van der Waals surface area contributed by atoms with Gasteiger partial charge in [-0.05, 0) is 67.8 Å². The van der Waals surface area contributed by atoms with Crippen molar-refractivity contribution in [2.24, 2.45) is 5.10 Å². The Kier molecular flexibility index (Phi) is 7.13. The van der Waals surface area contributed by atoms with Gasteiger partial charge in [-0.25, -0.2) is 5.43 Å². The van der Waals surface area contributed by atoms with Crippen LogP contribution in [-0.2, 0) is 6.42 Å². The summed E-state index contributed by atoms with van der Waals surface area (Å²) in [4.78, 5) is 25.5. The highest BCUT2D eigenvalue weighted by molar-refractivity contribution is 5.94. The number of aryl methyl sites for hydroxylation is 1. The van der Waals surface area contributed by atoms with Crippen LogP contribution in [0.3, 0.4) is 0 Å². The average Bonchev–Trinajstić information content (AvgIpc) is 2.81. The monoisotopic (exact) mass is 429 g/mol. The Labute approximate surface area is 185 Å². The molecule has 8 heteroatoms. The molecular weight excluding hydrogens is 406 g/mol. The molecule has 0 unspecified atom stereocenters. The number of ether oxygens (including phenoxy) is 1. The number of hydrogen-bond acceptors (Lipinski definition) is 6. The molecule has 0 saturated heterocycles. The van der Waals surface area contributed by atoms with E-state index >= 15 is 0 Å². The Bertz CT molecular complexity index is 1240. The van der Waals surface area contributed by atoms with Crippen molar-refractivity contribution < 1.29 is 9.53 Å². The number of nitrogens with one attached hydrogen (secondary N) is 1. The van der Waals surface area contributed by atoms with Gasteiger partial charge in [0.05, 0.1) is 18.5 Å². The minimum absolute atomic E-state index is 0.0513. The van der Waals surface area contributed by atoms with Crippen molar-refractivity contribution in [1.29, 1.82) is 5.26 Å². The van der Waals surface area contributed by atoms with E-state index in [2.05, 4.69) is 15.6 Å². The molecule has 32 heavy (non-hydrogen) atoms. The topological polar surface area (TPSA) is 109 Å². The molecule has 0 atom stereocenters. The van der Waals surface area contributed by atoms with Crippen LogP contribution in [0.2, 0.25) is 0 Å². The molecule has 3 aromatic rings. The molecule has 2 aromatic carbocycles. The first-order valence-electron chi connectivity index (χ1n) is 10.2. The molecule has 0 radical (unpaired) electrons. The summed E-state index contributed by atoms with van der Waals surface area (Å²) in [6, 6.07) is 16.3. The molecule has 1 N–H and O–H groups in total. The first kappa shape index (κ1) is 22.4. The maximum Gasteiger partial charge on any atom is 0.292 e. The lowest BCUT2D eigenvalue weighted by molar-refractivity contribution is 0.0947. The van der Waals surface area contributed by atoms with E-state index in [9.17, 15) is 14.9 Å². The number of carbonyl (C=O) groups excluding carboxylic acids is 1. The van der Waals surface area contributed by atoms with Gasteiger partial charge >= 0.3 is 0 Å². The highest BCUT2D eigenvalue weighted by atomic mass is 16.5. The summed E-state index contributed by atoms with van der Waals surface area (Å²) >= 11 is 0. The van der Waals surface area contributed by atoms with Crippen LogP contribution in [0.1, 0.15) is 46.6 Å². The molecule has 0 aliphatic carbocycles. The summed E-state index contributed by atoms with van der Waals surface area (Å²) in [5.41, 5.74) is 4.16. The zero-order chi connectivity index (χ0) is 23.1. The molecule has 1 aromatic heterocycles. The molecule has 1 heterocycles. The molecule has 0 bridgehead atoms. The molecule has 0 spiro atoms. The van der Waals surface area contributed by atoms with Gasteiger partial charge in [-0.1, -0.05) is 19.1 Å². The third kappa shape index (κ3) is 4.90. The van der Waals surface area contributed by atoms with Crippen LogP contribution in [-0.4, -0.2) is 28.5 Å². The maximum absolute atomic E-state index is 12.7. The fourth-order valence-electron chi connectivity index (χ4n) is 3.04. The molecule has 0 fully saturated rings. The Hall–Kier alpha value is -4.25. The summed E-state index contributed by atoms with van der Waals surface area (Å²) in [7, 11) is 0. The Morgan fingerprint density at radius 1 is 1.19 bits per heavy atom. The normalized spacial score (nSPS) is 10.7. The molecule has 8 nitrogen and oxygen atoms in total. The second-order valence-corrected chi connectivity index (χ2v) is 6.90.